The normalized spacial score (nSPS) is 15.9. The molecule has 1 aliphatic heterocycles. The van der Waals surface area contributed by atoms with E-state index >= 15 is 0 Å². The molecule has 0 aromatic heterocycles. The fraction of sp³-hybridized carbons (Fsp3) is 0.182. The summed E-state index contributed by atoms with van der Waals surface area (Å²) in [6.45, 7) is 1.88. The Morgan fingerprint density at radius 1 is 1.04 bits per heavy atom. The van der Waals surface area contributed by atoms with Crippen molar-refractivity contribution in [1.29, 1.82) is 0 Å². The van der Waals surface area contributed by atoms with Crippen LogP contribution < -0.4 is 4.74 Å². The van der Waals surface area contributed by atoms with E-state index in [4.69, 9.17) is 8.92 Å². The van der Waals surface area contributed by atoms with E-state index < -0.39 is 10.1 Å². The van der Waals surface area contributed by atoms with Crippen molar-refractivity contribution in [3.05, 3.63) is 82.3 Å². The highest BCUT2D eigenvalue weighted by atomic mass is 79.9. The molecular formula is C22H19BrO4S. The number of hydrogen-bond donors (Lipinski definition) is 0. The summed E-state index contributed by atoms with van der Waals surface area (Å²) in [4.78, 5) is 0.154. The highest BCUT2D eigenvalue weighted by Crippen LogP contribution is 2.40. The third-order valence-electron chi connectivity index (χ3n) is 4.68. The molecule has 0 saturated carbocycles. The number of aryl methyl sites for hydroxylation is 1. The molecule has 0 saturated heterocycles. The molecule has 1 aliphatic rings. The minimum atomic E-state index is -3.80. The largest absolute Gasteiger partial charge is 0.486 e. The van der Waals surface area contributed by atoms with Crippen LogP contribution in [0.25, 0.3) is 11.1 Å². The van der Waals surface area contributed by atoms with Gasteiger partial charge in [0.1, 0.15) is 18.5 Å². The third-order valence-corrected chi connectivity index (χ3v) is 6.56. The first kappa shape index (κ1) is 19.2. The molecule has 0 radical (unpaired) electrons. The second-order valence-electron chi connectivity index (χ2n) is 6.81. The lowest BCUT2D eigenvalue weighted by Gasteiger charge is -2.12. The van der Waals surface area contributed by atoms with Crippen LogP contribution in [0.4, 0.5) is 0 Å². The Kier molecular flexibility index (Phi) is 5.27. The first-order valence-corrected chi connectivity index (χ1v) is 11.1. The van der Waals surface area contributed by atoms with E-state index in [1.165, 1.54) is 0 Å². The zero-order valence-corrected chi connectivity index (χ0v) is 17.7. The summed E-state index contributed by atoms with van der Waals surface area (Å²) < 4.78 is 36.8. The van der Waals surface area contributed by atoms with E-state index in [-0.39, 0.29) is 17.6 Å². The summed E-state index contributed by atoms with van der Waals surface area (Å²) >= 11 is 3.57. The second kappa shape index (κ2) is 7.70. The molecule has 144 valence electrons. The van der Waals surface area contributed by atoms with Crippen molar-refractivity contribution in [2.45, 2.75) is 24.3 Å². The van der Waals surface area contributed by atoms with Crippen LogP contribution in [0.1, 0.15) is 11.1 Å². The minimum Gasteiger partial charge on any atom is -0.486 e. The van der Waals surface area contributed by atoms with Crippen molar-refractivity contribution in [2.24, 2.45) is 0 Å². The van der Waals surface area contributed by atoms with Gasteiger partial charge in [-0.05, 0) is 63.8 Å². The maximum absolute atomic E-state index is 12.4. The van der Waals surface area contributed by atoms with Crippen LogP contribution in [0.5, 0.6) is 5.75 Å². The molecule has 0 spiro atoms. The van der Waals surface area contributed by atoms with Gasteiger partial charge in [-0.1, -0.05) is 48.0 Å². The molecule has 0 fully saturated rings. The first-order valence-electron chi connectivity index (χ1n) is 8.93. The van der Waals surface area contributed by atoms with Gasteiger partial charge in [0, 0.05) is 6.42 Å². The molecule has 1 atom stereocenters. The zero-order valence-electron chi connectivity index (χ0n) is 15.3. The number of halogens is 1. The molecule has 4 rings (SSSR count). The fourth-order valence-corrected chi connectivity index (χ4v) is 4.75. The van der Waals surface area contributed by atoms with Gasteiger partial charge in [0.05, 0.1) is 9.37 Å². The molecule has 0 N–H and O–H groups in total. The van der Waals surface area contributed by atoms with E-state index in [1.54, 1.807) is 24.3 Å². The Labute approximate surface area is 173 Å². The lowest BCUT2D eigenvalue weighted by atomic mass is 10.0. The molecule has 0 amide bonds. The topological polar surface area (TPSA) is 52.6 Å². The van der Waals surface area contributed by atoms with Gasteiger partial charge in [-0.2, -0.15) is 8.42 Å². The maximum atomic E-state index is 12.4. The number of fused-ring (bicyclic) bond motifs is 1. The van der Waals surface area contributed by atoms with Crippen LogP contribution in [0.2, 0.25) is 0 Å². The Morgan fingerprint density at radius 2 is 1.75 bits per heavy atom. The van der Waals surface area contributed by atoms with Crippen LogP contribution in [0.3, 0.4) is 0 Å². The fourth-order valence-electron chi connectivity index (χ4n) is 3.22. The minimum absolute atomic E-state index is 0.0298. The molecule has 3 aromatic carbocycles. The second-order valence-corrected chi connectivity index (χ2v) is 9.28. The molecular weight excluding hydrogens is 440 g/mol. The molecule has 28 heavy (non-hydrogen) atoms. The Morgan fingerprint density at radius 3 is 2.46 bits per heavy atom. The van der Waals surface area contributed by atoms with E-state index in [9.17, 15) is 8.42 Å². The lowest BCUT2D eigenvalue weighted by Crippen LogP contribution is -2.23. The molecule has 1 unspecified atom stereocenters. The van der Waals surface area contributed by atoms with Gasteiger partial charge >= 0.3 is 0 Å². The first-order chi connectivity index (χ1) is 13.4. The predicted octanol–water partition coefficient (Wildman–Crippen LogP) is 5.13. The van der Waals surface area contributed by atoms with Crippen molar-refractivity contribution in [3.63, 3.8) is 0 Å². The van der Waals surface area contributed by atoms with Gasteiger partial charge in [-0.15, -0.1) is 0 Å². The summed E-state index contributed by atoms with van der Waals surface area (Å²) in [5.74, 6) is 0.751. The van der Waals surface area contributed by atoms with Gasteiger partial charge in [0.15, 0.2) is 0 Å². The molecule has 4 nitrogen and oxygen atoms in total. The molecule has 6 heteroatoms. The molecule has 1 heterocycles. The monoisotopic (exact) mass is 458 g/mol. The van der Waals surface area contributed by atoms with E-state index in [2.05, 4.69) is 34.1 Å². The zero-order chi connectivity index (χ0) is 19.7. The molecule has 0 bridgehead atoms. The average Bonchev–Trinajstić information content (AvgIpc) is 3.11. The van der Waals surface area contributed by atoms with Crippen molar-refractivity contribution >= 4 is 26.0 Å². The molecule has 0 aliphatic carbocycles. The van der Waals surface area contributed by atoms with Crippen molar-refractivity contribution < 1.29 is 17.3 Å². The summed E-state index contributed by atoms with van der Waals surface area (Å²) in [5.41, 5.74) is 4.23. The Hall–Kier alpha value is -2.15. The summed E-state index contributed by atoms with van der Waals surface area (Å²) in [6, 6.07) is 20.8. The van der Waals surface area contributed by atoms with Crippen LogP contribution in [-0.2, 0) is 20.7 Å². The van der Waals surface area contributed by atoms with Crippen LogP contribution in [0.15, 0.2) is 76.1 Å². The highest BCUT2D eigenvalue weighted by molar-refractivity contribution is 9.10. The summed E-state index contributed by atoms with van der Waals surface area (Å²) in [7, 11) is -3.80. The molecule has 3 aromatic rings. The van der Waals surface area contributed by atoms with Crippen molar-refractivity contribution in [3.8, 4) is 16.9 Å². The van der Waals surface area contributed by atoms with Gasteiger partial charge in [0.25, 0.3) is 10.1 Å². The standard InChI is InChI=1S/C22H19BrO4S/c1-15-7-9-20(10-8-15)28(24,25)26-14-19-12-18-11-17(13-21(23)22(18)27-19)16-5-3-2-4-6-16/h2-11,13,19H,12,14H2,1H3. The third kappa shape index (κ3) is 3.99. The van der Waals surface area contributed by atoms with Crippen LogP contribution in [-0.4, -0.2) is 21.1 Å². The number of benzene rings is 3. The van der Waals surface area contributed by atoms with Gasteiger partial charge in [-0.3, -0.25) is 4.18 Å². The van der Waals surface area contributed by atoms with E-state index in [1.807, 2.05) is 31.2 Å². The maximum Gasteiger partial charge on any atom is 0.297 e. The summed E-state index contributed by atoms with van der Waals surface area (Å²) in [5, 5.41) is 0. The Balaban J connectivity index is 1.48. The lowest BCUT2D eigenvalue weighted by molar-refractivity contribution is 0.151. The van der Waals surface area contributed by atoms with E-state index in [0.29, 0.717) is 6.42 Å². The number of rotatable bonds is 5. The number of hydrogen-bond acceptors (Lipinski definition) is 4. The summed E-state index contributed by atoms with van der Waals surface area (Å²) in [6.07, 6.45) is 0.246. The van der Waals surface area contributed by atoms with Gasteiger partial charge in [0.2, 0.25) is 0 Å². The quantitative estimate of drug-likeness (QED) is 0.497. The smallest absolute Gasteiger partial charge is 0.297 e. The van der Waals surface area contributed by atoms with Gasteiger partial charge in [-0.25, -0.2) is 0 Å². The van der Waals surface area contributed by atoms with Crippen LogP contribution in [0, 0.1) is 6.92 Å². The predicted molar refractivity (Wildman–Crippen MR) is 112 cm³/mol. The highest BCUT2D eigenvalue weighted by Gasteiger charge is 2.28. The van der Waals surface area contributed by atoms with Gasteiger partial charge < -0.3 is 4.74 Å². The van der Waals surface area contributed by atoms with Crippen LogP contribution >= 0.6 is 15.9 Å². The Bertz CT molecular complexity index is 1090. The SMILES string of the molecule is Cc1ccc(S(=O)(=O)OCC2Cc3cc(-c4ccccc4)cc(Br)c3O2)cc1. The van der Waals surface area contributed by atoms with Crippen molar-refractivity contribution in [1.82, 2.24) is 0 Å². The van der Waals surface area contributed by atoms with E-state index in [0.717, 1.165) is 32.5 Å². The van der Waals surface area contributed by atoms with Crippen molar-refractivity contribution in [2.75, 3.05) is 6.61 Å². The number of ether oxygens (including phenoxy) is 1. The average molecular weight is 459 g/mol.